The Morgan fingerprint density at radius 1 is 1.44 bits per heavy atom. The van der Waals surface area contributed by atoms with E-state index in [4.69, 9.17) is 26.1 Å². The van der Waals surface area contributed by atoms with Crippen molar-refractivity contribution in [3.8, 4) is 0 Å². The van der Waals surface area contributed by atoms with Crippen molar-refractivity contribution in [1.82, 2.24) is 4.98 Å². The van der Waals surface area contributed by atoms with Crippen LogP contribution in [0.4, 0.5) is 0 Å². The van der Waals surface area contributed by atoms with E-state index in [1.165, 1.54) is 6.07 Å². The van der Waals surface area contributed by atoms with Crippen LogP contribution < -0.4 is 5.66 Å². The summed E-state index contributed by atoms with van der Waals surface area (Å²) in [6.45, 7) is 0. The first-order valence-electron chi connectivity index (χ1n) is 5.11. The first-order chi connectivity index (χ1) is 7.66. The number of rotatable bonds is 2. The second kappa shape index (κ2) is 3.48. The minimum atomic E-state index is -1.63. The van der Waals surface area contributed by atoms with Gasteiger partial charge >= 0.3 is 7.12 Å². The summed E-state index contributed by atoms with van der Waals surface area (Å²) in [5.74, 6) is 0.483. The van der Waals surface area contributed by atoms with E-state index in [1.807, 2.05) is 0 Å². The highest BCUT2D eigenvalue weighted by Crippen LogP contribution is 2.44. The van der Waals surface area contributed by atoms with Crippen LogP contribution in [0.15, 0.2) is 16.7 Å². The Bertz CT molecular complexity index is 550. The maximum atomic E-state index is 9.00. The molecule has 1 saturated carbocycles. The van der Waals surface area contributed by atoms with Crippen LogP contribution in [-0.4, -0.2) is 22.2 Å². The van der Waals surface area contributed by atoms with E-state index in [1.54, 1.807) is 6.20 Å². The number of furan rings is 1. The number of hydrogen-bond donors (Lipinski definition) is 2. The van der Waals surface area contributed by atoms with Crippen molar-refractivity contribution in [1.29, 1.82) is 0 Å². The molecule has 0 spiro atoms. The Balaban J connectivity index is 2.18. The molecule has 82 valence electrons. The van der Waals surface area contributed by atoms with Crippen molar-refractivity contribution in [2.45, 2.75) is 18.8 Å². The lowest BCUT2D eigenvalue weighted by Gasteiger charge is -2.00. The zero-order valence-electron chi connectivity index (χ0n) is 8.35. The molecule has 0 bridgehead atoms. The summed E-state index contributed by atoms with van der Waals surface area (Å²) < 4.78 is 5.28. The van der Waals surface area contributed by atoms with Gasteiger partial charge in [-0.3, -0.25) is 4.98 Å². The van der Waals surface area contributed by atoms with Crippen LogP contribution in [0.25, 0.3) is 11.1 Å². The minimum Gasteiger partial charge on any atom is -0.461 e. The van der Waals surface area contributed by atoms with E-state index >= 15 is 0 Å². The van der Waals surface area contributed by atoms with E-state index in [9.17, 15) is 0 Å². The van der Waals surface area contributed by atoms with E-state index in [0.29, 0.717) is 22.0 Å². The van der Waals surface area contributed by atoms with Crippen molar-refractivity contribution in [3.63, 3.8) is 0 Å². The molecule has 6 heteroatoms. The quantitative estimate of drug-likeness (QED) is 0.766. The average Bonchev–Trinajstić information content (AvgIpc) is 2.96. The molecular weight excluding hydrogens is 228 g/mol. The normalized spacial score (nSPS) is 15.7. The molecule has 16 heavy (non-hydrogen) atoms. The summed E-state index contributed by atoms with van der Waals surface area (Å²) in [6.07, 6.45) is 4.00. The standard InChI is InChI=1S/C10H9BClNO3/c12-9-6(5-1-2-5)4-13-7-3-8(11(14)15)16-10(7)9/h3-5,14-15H,1-2H2. The molecule has 0 saturated heterocycles. The van der Waals surface area contributed by atoms with Crippen molar-refractivity contribution in [2.24, 2.45) is 0 Å². The Morgan fingerprint density at radius 2 is 2.19 bits per heavy atom. The second-order valence-corrected chi connectivity index (χ2v) is 4.42. The number of nitrogens with zero attached hydrogens (tertiary/aromatic N) is 1. The fraction of sp³-hybridized carbons (Fsp3) is 0.300. The van der Waals surface area contributed by atoms with Gasteiger partial charge in [-0.15, -0.1) is 0 Å². The highest BCUT2D eigenvalue weighted by atomic mass is 35.5. The van der Waals surface area contributed by atoms with E-state index < -0.39 is 7.12 Å². The van der Waals surface area contributed by atoms with Crippen molar-refractivity contribution in [3.05, 3.63) is 22.8 Å². The van der Waals surface area contributed by atoms with Gasteiger partial charge in [0.15, 0.2) is 5.58 Å². The number of halogens is 1. The van der Waals surface area contributed by atoms with Gasteiger partial charge in [0.05, 0.1) is 5.02 Å². The maximum absolute atomic E-state index is 9.00. The summed E-state index contributed by atoms with van der Waals surface area (Å²) in [5.41, 5.74) is 2.05. The average molecular weight is 237 g/mol. The molecule has 0 atom stereocenters. The molecule has 1 aliphatic rings. The van der Waals surface area contributed by atoms with Gasteiger partial charge in [0, 0.05) is 12.3 Å². The predicted octanol–water partition coefficient (Wildman–Crippen LogP) is 1.04. The predicted molar refractivity (Wildman–Crippen MR) is 60.8 cm³/mol. The zero-order valence-corrected chi connectivity index (χ0v) is 9.11. The monoisotopic (exact) mass is 237 g/mol. The summed E-state index contributed by atoms with van der Waals surface area (Å²) in [4.78, 5) is 4.21. The third kappa shape index (κ3) is 1.52. The SMILES string of the molecule is OB(O)c1cc2ncc(C3CC3)c(Cl)c2o1. The van der Waals surface area contributed by atoms with Crippen molar-refractivity contribution >= 4 is 35.5 Å². The van der Waals surface area contributed by atoms with Gasteiger partial charge in [0.25, 0.3) is 0 Å². The molecule has 3 rings (SSSR count). The molecule has 1 fully saturated rings. The van der Waals surface area contributed by atoms with Gasteiger partial charge in [-0.2, -0.15) is 0 Å². The summed E-state index contributed by atoms with van der Waals surface area (Å²) in [6, 6.07) is 1.49. The Labute approximate surface area is 97.0 Å². The highest BCUT2D eigenvalue weighted by molar-refractivity contribution is 6.57. The number of pyridine rings is 1. The maximum Gasteiger partial charge on any atom is 0.526 e. The molecule has 0 aromatic carbocycles. The molecule has 0 amide bonds. The largest absolute Gasteiger partial charge is 0.526 e. The van der Waals surface area contributed by atoms with Crippen LogP contribution >= 0.6 is 11.6 Å². The second-order valence-electron chi connectivity index (χ2n) is 4.04. The highest BCUT2D eigenvalue weighted by Gasteiger charge is 2.28. The molecular formula is C10H9BClNO3. The smallest absolute Gasteiger partial charge is 0.461 e. The van der Waals surface area contributed by atoms with Crippen LogP contribution in [0, 0.1) is 0 Å². The lowest BCUT2D eigenvalue weighted by atomic mass is 9.88. The first-order valence-corrected chi connectivity index (χ1v) is 5.48. The lowest BCUT2D eigenvalue weighted by molar-refractivity contribution is 0.412. The van der Waals surface area contributed by atoms with Gasteiger partial charge in [-0.1, -0.05) is 11.6 Å². The van der Waals surface area contributed by atoms with Crippen LogP contribution in [-0.2, 0) is 0 Å². The van der Waals surface area contributed by atoms with E-state index in [-0.39, 0.29) is 5.66 Å². The van der Waals surface area contributed by atoms with Crippen molar-refractivity contribution in [2.75, 3.05) is 0 Å². The molecule has 2 aromatic heterocycles. The third-order valence-corrected chi connectivity index (χ3v) is 3.19. The molecule has 2 aromatic rings. The molecule has 2 N–H and O–H groups in total. The summed E-state index contributed by atoms with van der Waals surface area (Å²) >= 11 is 6.20. The summed E-state index contributed by atoms with van der Waals surface area (Å²) in [5, 5.41) is 18.5. The number of aromatic nitrogens is 1. The van der Waals surface area contributed by atoms with Crippen LogP contribution in [0.1, 0.15) is 24.3 Å². The first kappa shape index (κ1) is 10.1. The van der Waals surface area contributed by atoms with Gasteiger partial charge in [-0.25, -0.2) is 0 Å². The van der Waals surface area contributed by atoms with Gasteiger partial charge < -0.3 is 14.5 Å². The fourth-order valence-electron chi connectivity index (χ4n) is 1.79. The Hall–Kier alpha value is -1.04. The number of hydrogen-bond acceptors (Lipinski definition) is 4. The molecule has 2 heterocycles. The fourth-order valence-corrected chi connectivity index (χ4v) is 2.12. The zero-order chi connectivity index (χ0) is 11.3. The lowest BCUT2D eigenvalue weighted by Crippen LogP contribution is -2.27. The number of fused-ring (bicyclic) bond motifs is 1. The van der Waals surface area contributed by atoms with E-state index in [2.05, 4.69) is 4.98 Å². The topological polar surface area (TPSA) is 66.5 Å². The molecule has 0 unspecified atom stereocenters. The van der Waals surface area contributed by atoms with Gasteiger partial charge in [-0.05, 0) is 24.3 Å². The molecule has 1 aliphatic carbocycles. The van der Waals surface area contributed by atoms with Crippen LogP contribution in [0.3, 0.4) is 0 Å². The van der Waals surface area contributed by atoms with E-state index in [0.717, 1.165) is 18.4 Å². The van der Waals surface area contributed by atoms with Crippen molar-refractivity contribution < 1.29 is 14.5 Å². The third-order valence-electron chi connectivity index (χ3n) is 2.80. The van der Waals surface area contributed by atoms with Crippen LogP contribution in [0.2, 0.25) is 5.02 Å². The Kier molecular flexibility index (Phi) is 2.21. The van der Waals surface area contributed by atoms with Gasteiger partial charge in [0.2, 0.25) is 0 Å². The molecule has 0 radical (unpaired) electrons. The van der Waals surface area contributed by atoms with Crippen LogP contribution in [0.5, 0.6) is 0 Å². The Morgan fingerprint density at radius 3 is 2.81 bits per heavy atom. The minimum absolute atomic E-state index is 0.0670. The van der Waals surface area contributed by atoms with Gasteiger partial charge in [0.1, 0.15) is 11.2 Å². The molecule has 0 aliphatic heterocycles. The summed E-state index contributed by atoms with van der Waals surface area (Å²) in [7, 11) is -1.63. The molecule has 4 nitrogen and oxygen atoms in total.